The molecule has 0 amide bonds. The van der Waals surface area contributed by atoms with Gasteiger partial charge in [-0.25, -0.2) is 4.57 Å². The van der Waals surface area contributed by atoms with E-state index >= 15 is 0 Å². The first-order valence-electron chi connectivity index (χ1n) is 4.76. The molecule has 1 aromatic carbocycles. The predicted molar refractivity (Wildman–Crippen MR) is 65.9 cm³/mol. The van der Waals surface area contributed by atoms with E-state index in [0.717, 1.165) is 11.6 Å². The zero-order valence-electron chi connectivity index (χ0n) is 9.13. The highest BCUT2D eigenvalue weighted by Gasteiger charge is 2.18. The lowest BCUT2D eigenvalue weighted by Crippen LogP contribution is -2.04. The summed E-state index contributed by atoms with van der Waals surface area (Å²) < 4.78 is 20.5. The van der Waals surface area contributed by atoms with E-state index in [1.165, 1.54) is 0 Å². The van der Waals surface area contributed by atoms with Crippen molar-refractivity contribution in [2.24, 2.45) is 0 Å². The van der Waals surface area contributed by atoms with Crippen molar-refractivity contribution in [3.63, 3.8) is 0 Å². The zero-order chi connectivity index (χ0) is 12.9. The summed E-state index contributed by atoms with van der Waals surface area (Å²) in [6, 6.07) is 6.89. The third-order valence-corrected chi connectivity index (χ3v) is 3.42. The molecule has 94 valence electrons. The average molecular weight is 323 g/mol. The normalized spacial score (nSPS) is 14.3. The van der Waals surface area contributed by atoms with Crippen LogP contribution in [0.2, 0.25) is 0 Å². The molecule has 0 saturated carbocycles. The molecule has 1 unspecified atom stereocenters. The second-order valence-electron chi connectivity index (χ2n) is 3.17. The van der Waals surface area contributed by atoms with Gasteiger partial charge in [-0.05, 0) is 12.1 Å². The number of ketones is 1. The van der Waals surface area contributed by atoms with Crippen LogP contribution in [0.15, 0.2) is 28.7 Å². The van der Waals surface area contributed by atoms with E-state index in [0.29, 0.717) is 5.56 Å². The Morgan fingerprint density at radius 2 is 2.24 bits per heavy atom. The van der Waals surface area contributed by atoms with E-state index in [1.54, 1.807) is 24.3 Å². The van der Waals surface area contributed by atoms with Gasteiger partial charge < -0.3 is 4.89 Å². The minimum absolute atomic E-state index is 0.0182. The van der Waals surface area contributed by atoms with Crippen LogP contribution in [0.3, 0.4) is 0 Å². The lowest BCUT2D eigenvalue weighted by atomic mass is 10.1. The van der Waals surface area contributed by atoms with Crippen LogP contribution < -0.4 is 0 Å². The Morgan fingerprint density at radius 3 is 2.82 bits per heavy atom. The van der Waals surface area contributed by atoms with E-state index in [-0.39, 0.29) is 18.8 Å². The van der Waals surface area contributed by atoms with Gasteiger partial charge in [0.05, 0.1) is 6.61 Å². The molecule has 17 heavy (non-hydrogen) atoms. The molecule has 1 N–H and O–H groups in total. The van der Waals surface area contributed by atoms with E-state index in [2.05, 4.69) is 25.0 Å². The van der Waals surface area contributed by atoms with Crippen molar-refractivity contribution < 1.29 is 23.3 Å². The second kappa shape index (κ2) is 6.42. The number of benzene rings is 1. The molecule has 0 fully saturated rings. The van der Waals surface area contributed by atoms with Gasteiger partial charge in [-0.2, -0.15) is 0 Å². The van der Waals surface area contributed by atoms with E-state index < -0.39 is 7.82 Å². The summed E-state index contributed by atoms with van der Waals surface area (Å²) in [4.78, 5) is 20.6. The Morgan fingerprint density at radius 1 is 1.53 bits per heavy atom. The van der Waals surface area contributed by atoms with Crippen LogP contribution in [-0.4, -0.2) is 24.4 Å². The fourth-order valence-electron chi connectivity index (χ4n) is 1.11. The summed E-state index contributed by atoms with van der Waals surface area (Å²) in [6.07, 6.45) is 0.0182. The summed E-state index contributed by atoms with van der Waals surface area (Å²) in [7, 11) is -2.93. The number of hydrogen-bond acceptors (Lipinski definition) is 4. The number of phosphoric ester groups is 1. The maximum Gasteiger partial charge on any atom is 0.471 e. The average Bonchev–Trinajstić information content (AvgIpc) is 2.28. The summed E-state index contributed by atoms with van der Waals surface area (Å²) in [6.45, 7) is -0.160. The van der Waals surface area contributed by atoms with Crippen LogP contribution in [0.1, 0.15) is 16.8 Å². The molecule has 1 aromatic rings. The molecule has 0 aromatic heterocycles. The molecule has 5 nitrogen and oxygen atoms in total. The second-order valence-corrected chi connectivity index (χ2v) is 5.64. The van der Waals surface area contributed by atoms with Crippen LogP contribution in [0, 0.1) is 0 Å². The van der Waals surface area contributed by atoms with Crippen molar-refractivity contribution in [3.05, 3.63) is 34.3 Å². The topological polar surface area (TPSA) is 72.8 Å². The maximum absolute atomic E-state index is 11.7. The van der Waals surface area contributed by atoms with E-state index in [1.807, 2.05) is 0 Å². The molecule has 0 bridgehead atoms. The Balaban J connectivity index is 2.48. The van der Waals surface area contributed by atoms with Crippen LogP contribution in [0.4, 0.5) is 0 Å². The van der Waals surface area contributed by atoms with Crippen LogP contribution in [0.25, 0.3) is 0 Å². The number of Topliss-reactive ketones (excluding diaryl/α,β-unsaturated/α-hetero) is 1. The molecule has 0 aliphatic carbocycles. The lowest BCUT2D eigenvalue weighted by molar-refractivity contribution is 0.0947. The molecule has 0 heterocycles. The Hall–Kier alpha value is -0.520. The highest BCUT2D eigenvalue weighted by atomic mass is 79.9. The number of hydrogen-bond donors (Lipinski definition) is 1. The van der Waals surface area contributed by atoms with Crippen LogP contribution >= 0.6 is 23.8 Å². The quantitative estimate of drug-likeness (QED) is 0.644. The predicted octanol–water partition coefficient (Wildman–Crippen LogP) is 2.79. The highest BCUT2D eigenvalue weighted by Crippen LogP contribution is 2.41. The standard InChI is InChI=1S/C10H12BrO5P/c1-15-17(13,14)16-6-5-10(12)8-3-2-4-9(11)7-8/h2-4,7H,5-6H2,1H3,(H,13,14). The molecule has 0 aliphatic rings. The zero-order valence-corrected chi connectivity index (χ0v) is 11.6. The molecule has 1 atom stereocenters. The SMILES string of the molecule is COP(=O)(O)OCCC(=O)c1cccc(Br)c1. The van der Waals surface area contributed by atoms with Crippen molar-refractivity contribution in [2.75, 3.05) is 13.7 Å². The Labute approximate surface area is 107 Å². The molecular formula is C10H12BrO5P. The monoisotopic (exact) mass is 322 g/mol. The lowest BCUT2D eigenvalue weighted by Gasteiger charge is -2.08. The van der Waals surface area contributed by atoms with Gasteiger partial charge in [-0.3, -0.25) is 13.8 Å². The molecule has 1 rings (SSSR count). The smallest absolute Gasteiger partial charge is 0.303 e. The van der Waals surface area contributed by atoms with Gasteiger partial charge in [0.15, 0.2) is 5.78 Å². The number of carbonyl (C=O) groups is 1. The minimum Gasteiger partial charge on any atom is -0.303 e. The van der Waals surface area contributed by atoms with Gasteiger partial charge in [0.1, 0.15) is 0 Å². The van der Waals surface area contributed by atoms with Crippen molar-refractivity contribution in [1.29, 1.82) is 0 Å². The number of halogens is 1. The Bertz CT molecular complexity index is 448. The van der Waals surface area contributed by atoms with Gasteiger partial charge >= 0.3 is 7.82 Å². The van der Waals surface area contributed by atoms with Crippen molar-refractivity contribution in [2.45, 2.75) is 6.42 Å². The summed E-state index contributed by atoms with van der Waals surface area (Å²) >= 11 is 3.25. The summed E-state index contributed by atoms with van der Waals surface area (Å²) in [5.74, 6) is -0.164. The first-order chi connectivity index (χ1) is 7.94. The van der Waals surface area contributed by atoms with E-state index in [9.17, 15) is 9.36 Å². The molecule has 0 spiro atoms. The van der Waals surface area contributed by atoms with Gasteiger partial charge in [0.2, 0.25) is 0 Å². The van der Waals surface area contributed by atoms with Gasteiger partial charge in [0.25, 0.3) is 0 Å². The number of phosphoric acid groups is 1. The first kappa shape index (κ1) is 14.5. The largest absolute Gasteiger partial charge is 0.471 e. The fourth-order valence-corrected chi connectivity index (χ4v) is 1.94. The maximum atomic E-state index is 11.7. The molecule has 7 heteroatoms. The molecule has 0 aliphatic heterocycles. The van der Waals surface area contributed by atoms with Crippen molar-refractivity contribution in [1.82, 2.24) is 0 Å². The third kappa shape index (κ3) is 5.10. The number of carbonyl (C=O) groups excluding carboxylic acids is 1. The molecular weight excluding hydrogens is 311 g/mol. The van der Waals surface area contributed by atoms with Crippen LogP contribution in [-0.2, 0) is 13.6 Å². The molecule has 0 radical (unpaired) electrons. The van der Waals surface area contributed by atoms with Crippen molar-refractivity contribution in [3.8, 4) is 0 Å². The minimum atomic E-state index is -3.99. The fraction of sp³-hybridized carbons (Fsp3) is 0.300. The van der Waals surface area contributed by atoms with Gasteiger partial charge in [-0.1, -0.05) is 28.1 Å². The van der Waals surface area contributed by atoms with Gasteiger partial charge in [0, 0.05) is 23.6 Å². The summed E-state index contributed by atoms with van der Waals surface area (Å²) in [5, 5.41) is 0. The third-order valence-electron chi connectivity index (χ3n) is 1.96. The molecule has 0 saturated heterocycles. The first-order valence-corrected chi connectivity index (χ1v) is 7.05. The number of rotatable bonds is 6. The summed E-state index contributed by atoms with van der Waals surface area (Å²) in [5.41, 5.74) is 0.521. The Kier molecular flexibility index (Phi) is 5.49. The highest BCUT2D eigenvalue weighted by molar-refractivity contribution is 9.10. The van der Waals surface area contributed by atoms with Gasteiger partial charge in [-0.15, -0.1) is 0 Å². The van der Waals surface area contributed by atoms with Crippen LogP contribution in [0.5, 0.6) is 0 Å². The van der Waals surface area contributed by atoms with E-state index in [4.69, 9.17) is 4.89 Å². The van der Waals surface area contributed by atoms with Crippen molar-refractivity contribution >= 4 is 29.5 Å².